The number of anilines is 1. The predicted octanol–water partition coefficient (Wildman–Crippen LogP) is 2.88. The highest BCUT2D eigenvalue weighted by Gasteiger charge is 2.27. The molecule has 1 N–H and O–H groups in total. The summed E-state index contributed by atoms with van der Waals surface area (Å²) < 4.78 is 37.2. The number of nitrogens with zero attached hydrogens (tertiary/aromatic N) is 2. The quantitative estimate of drug-likeness (QED) is 0.316. The molecule has 3 rings (SSSR count). The van der Waals surface area contributed by atoms with E-state index in [-0.39, 0.29) is 45.3 Å². The Morgan fingerprint density at radius 3 is 2.61 bits per heavy atom. The minimum Gasteiger partial charge on any atom is -0.462 e. The van der Waals surface area contributed by atoms with Gasteiger partial charge in [-0.3, -0.25) is 14.9 Å². The summed E-state index contributed by atoms with van der Waals surface area (Å²) in [5.41, 5.74) is -0.0153. The van der Waals surface area contributed by atoms with E-state index >= 15 is 0 Å². The molecule has 13 heteroatoms. The number of sulfonamides is 1. The van der Waals surface area contributed by atoms with E-state index in [2.05, 4.69) is 5.32 Å². The molecule has 1 aromatic carbocycles. The largest absolute Gasteiger partial charge is 0.462 e. The second-order valence-electron chi connectivity index (χ2n) is 7.20. The summed E-state index contributed by atoms with van der Waals surface area (Å²) in [6.07, 6.45) is 1.56. The molecule has 2 heterocycles. The van der Waals surface area contributed by atoms with Crippen LogP contribution >= 0.6 is 11.3 Å². The number of hydrogen-bond acceptors (Lipinski definition) is 9. The lowest BCUT2D eigenvalue weighted by Crippen LogP contribution is -2.34. The van der Waals surface area contributed by atoms with Crippen molar-refractivity contribution in [2.45, 2.75) is 30.8 Å². The maximum atomic E-state index is 12.8. The normalized spacial score (nSPS) is 16.0. The van der Waals surface area contributed by atoms with Gasteiger partial charge in [0.15, 0.2) is 0 Å². The first kappa shape index (κ1) is 24.8. The minimum atomic E-state index is -3.77. The zero-order valence-corrected chi connectivity index (χ0v) is 19.6. The second-order valence-corrected chi connectivity index (χ2v) is 10.3. The van der Waals surface area contributed by atoms with Crippen molar-refractivity contribution >= 4 is 43.2 Å². The van der Waals surface area contributed by atoms with Gasteiger partial charge in [-0.1, -0.05) is 0 Å². The fraction of sp³-hybridized carbons (Fsp3) is 0.400. The third-order valence-electron chi connectivity index (χ3n) is 4.93. The van der Waals surface area contributed by atoms with E-state index in [9.17, 15) is 28.1 Å². The number of nitro groups is 1. The molecule has 178 valence electrons. The fourth-order valence-electron chi connectivity index (χ4n) is 3.23. The zero-order chi connectivity index (χ0) is 24.2. The van der Waals surface area contributed by atoms with Crippen molar-refractivity contribution < 1.29 is 32.4 Å². The van der Waals surface area contributed by atoms with Crippen LogP contribution in [-0.2, 0) is 19.5 Å². The van der Waals surface area contributed by atoms with Crippen LogP contribution in [0.4, 0.5) is 10.0 Å². The summed E-state index contributed by atoms with van der Waals surface area (Å²) in [5.74, 6) is -1.46. The summed E-state index contributed by atoms with van der Waals surface area (Å²) in [5, 5.41) is 13.2. The van der Waals surface area contributed by atoms with Crippen LogP contribution in [0.2, 0.25) is 0 Å². The third-order valence-corrected chi connectivity index (χ3v) is 7.77. The van der Waals surface area contributed by atoms with E-state index in [0.717, 1.165) is 18.9 Å². The minimum absolute atomic E-state index is 0.0125. The monoisotopic (exact) mass is 497 g/mol. The van der Waals surface area contributed by atoms with Gasteiger partial charge in [-0.15, -0.1) is 0 Å². The molecule has 0 saturated carbocycles. The first-order valence-electron chi connectivity index (χ1n) is 10.1. The van der Waals surface area contributed by atoms with E-state index in [1.807, 2.05) is 0 Å². The molecule has 1 aliphatic rings. The SMILES string of the molecule is CCOC(=O)c1cc([N+](=O)[O-])sc1NC(=O)c1ccc(S(=O)(=O)N(C)CC2CCCO2)cc1. The highest BCUT2D eigenvalue weighted by atomic mass is 32.2. The van der Waals surface area contributed by atoms with Crippen molar-refractivity contribution in [2.75, 3.05) is 32.1 Å². The van der Waals surface area contributed by atoms with Crippen LogP contribution in [0.25, 0.3) is 0 Å². The number of benzene rings is 1. The van der Waals surface area contributed by atoms with Crippen molar-refractivity contribution in [1.29, 1.82) is 0 Å². The van der Waals surface area contributed by atoms with Crippen LogP contribution in [0.5, 0.6) is 0 Å². The Balaban J connectivity index is 1.75. The molecule has 0 aliphatic carbocycles. The van der Waals surface area contributed by atoms with Crippen LogP contribution in [0.15, 0.2) is 35.2 Å². The van der Waals surface area contributed by atoms with E-state index < -0.39 is 26.8 Å². The Hall–Kier alpha value is -2.87. The van der Waals surface area contributed by atoms with Gasteiger partial charge in [0.1, 0.15) is 10.6 Å². The molecule has 1 aliphatic heterocycles. The van der Waals surface area contributed by atoms with Crippen LogP contribution in [-0.4, -0.2) is 62.4 Å². The van der Waals surface area contributed by atoms with Crippen LogP contribution in [0, 0.1) is 10.1 Å². The number of likely N-dealkylation sites (N-methyl/N-ethyl adjacent to an activating group) is 1. The number of carbonyl (C=O) groups is 2. The highest BCUT2D eigenvalue weighted by molar-refractivity contribution is 7.89. The van der Waals surface area contributed by atoms with Gasteiger partial charge < -0.3 is 14.8 Å². The van der Waals surface area contributed by atoms with E-state index in [1.165, 1.54) is 35.6 Å². The van der Waals surface area contributed by atoms with Gasteiger partial charge in [0, 0.05) is 31.8 Å². The lowest BCUT2D eigenvalue weighted by molar-refractivity contribution is -0.380. The first-order chi connectivity index (χ1) is 15.6. The number of hydrogen-bond donors (Lipinski definition) is 1. The van der Waals surface area contributed by atoms with Gasteiger partial charge in [0.25, 0.3) is 5.91 Å². The molecular weight excluding hydrogens is 474 g/mol. The summed E-state index contributed by atoms with van der Waals surface area (Å²) >= 11 is 0.625. The maximum Gasteiger partial charge on any atom is 0.341 e. The highest BCUT2D eigenvalue weighted by Crippen LogP contribution is 2.34. The topological polar surface area (TPSA) is 145 Å². The van der Waals surface area contributed by atoms with Gasteiger partial charge in [0.2, 0.25) is 10.0 Å². The molecule has 1 unspecified atom stereocenters. The molecule has 0 spiro atoms. The Morgan fingerprint density at radius 1 is 1.33 bits per heavy atom. The number of thiophene rings is 1. The predicted molar refractivity (Wildman–Crippen MR) is 120 cm³/mol. The fourth-order valence-corrected chi connectivity index (χ4v) is 5.29. The van der Waals surface area contributed by atoms with E-state index in [4.69, 9.17) is 9.47 Å². The summed E-state index contributed by atoms with van der Waals surface area (Å²) in [7, 11) is -2.30. The third kappa shape index (κ3) is 5.74. The van der Waals surface area contributed by atoms with Crippen LogP contribution in [0.1, 0.15) is 40.5 Å². The van der Waals surface area contributed by atoms with Crippen molar-refractivity contribution in [2.24, 2.45) is 0 Å². The first-order valence-corrected chi connectivity index (χ1v) is 12.3. The smallest absolute Gasteiger partial charge is 0.341 e. The number of amides is 1. The van der Waals surface area contributed by atoms with Crippen molar-refractivity contribution in [1.82, 2.24) is 4.31 Å². The average Bonchev–Trinajstić information content (AvgIpc) is 3.44. The second kappa shape index (κ2) is 10.4. The molecule has 1 atom stereocenters. The molecule has 2 aromatic rings. The number of nitrogens with one attached hydrogen (secondary N) is 1. The van der Waals surface area contributed by atoms with Crippen molar-refractivity contribution in [3.8, 4) is 0 Å². The zero-order valence-electron chi connectivity index (χ0n) is 18.0. The molecule has 0 bridgehead atoms. The standard InChI is InChI=1S/C20H23N3O8S2/c1-3-30-20(25)16-11-17(23(26)27)32-19(16)21-18(24)13-6-8-15(9-7-13)33(28,29)22(2)12-14-5-4-10-31-14/h6-9,11,14H,3-5,10,12H2,1-2H3,(H,21,24). The Labute approximate surface area is 194 Å². The van der Waals surface area contributed by atoms with Gasteiger partial charge in [0.05, 0.1) is 22.5 Å². The summed E-state index contributed by atoms with van der Waals surface area (Å²) in [4.78, 5) is 35.2. The lowest BCUT2D eigenvalue weighted by atomic mass is 10.2. The number of esters is 1. The van der Waals surface area contributed by atoms with E-state index in [1.54, 1.807) is 6.92 Å². The van der Waals surface area contributed by atoms with E-state index in [0.29, 0.717) is 17.9 Å². The van der Waals surface area contributed by atoms with Crippen molar-refractivity contribution in [3.05, 3.63) is 51.6 Å². The summed E-state index contributed by atoms with van der Waals surface area (Å²) in [6.45, 7) is 2.50. The molecule has 0 radical (unpaired) electrons. The average molecular weight is 498 g/mol. The van der Waals surface area contributed by atoms with Gasteiger partial charge >= 0.3 is 11.0 Å². The Morgan fingerprint density at radius 2 is 2.03 bits per heavy atom. The molecule has 1 saturated heterocycles. The van der Waals surface area contributed by atoms with Crippen LogP contribution in [0.3, 0.4) is 0 Å². The Bertz CT molecular complexity index is 1140. The summed E-state index contributed by atoms with van der Waals surface area (Å²) in [6, 6.07) is 6.30. The van der Waals surface area contributed by atoms with Gasteiger partial charge in [-0.2, -0.15) is 4.31 Å². The number of ether oxygens (including phenoxy) is 2. The molecule has 1 fully saturated rings. The lowest BCUT2D eigenvalue weighted by Gasteiger charge is -2.20. The van der Waals surface area contributed by atoms with Crippen molar-refractivity contribution in [3.63, 3.8) is 0 Å². The maximum absolute atomic E-state index is 12.8. The number of carbonyl (C=O) groups excluding carboxylic acids is 2. The molecule has 11 nitrogen and oxygen atoms in total. The van der Waals surface area contributed by atoms with Gasteiger partial charge in [-0.25, -0.2) is 13.2 Å². The van der Waals surface area contributed by atoms with Crippen LogP contribution < -0.4 is 5.32 Å². The molecule has 33 heavy (non-hydrogen) atoms. The number of rotatable bonds is 9. The Kier molecular flexibility index (Phi) is 7.79. The molecule has 1 aromatic heterocycles. The molecule has 1 amide bonds. The van der Waals surface area contributed by atoms with Gasteiger partial charge in [-0.05, 0) is 55.4 Å². The molecular formula is C20H23N3O8S2.